The predicted molar refractivity (Wildman–Crippen MR) is 157 cm³/mol. The van der Waals surface area contributed by atoms with Gasteiger partial charge in [0, 0.05) is 16.1 Å². The topological polar surface area (TPSA) is 110 Å². The fourth-order valence-electron chi connectivity index (χ4n) is 4.26. The second kappa shape index (κ2) is 12.4. The lowest BCUT2D eigenvalue weighted by molar-refractivity contribution is -0.152. The molecule has 0 aliphatic carbocycles. The van der Waals surface area contributed by atoms with Crippen LogP contribution in [-0.2, 0) is 14.3 Å². The van der Waals surface area contributed by atoms with E-state index in [-0.39, 0.29) is 53.3 Å². The second-order valence-corrected chi connectivity index (χ2v) is 11.2. The summed E-state index contributed by atoms with van der Waals surface area (Å²) < 4.78 is 5.20. The third kappa shape index (κ3) is 5.94. The molecule has 0 saturated heterocycles. The highest BCUT2D eigenvalue weighted by molar-refractivity contribution is 6.55. The lowest BCUT2D eigenvalue weighted by Crippen LogP contribution is -2.49. The van der Waals surface area contributed by atoms with Crippen molar-refractivity contribution in [3.8, 4) is 0 Å². The Labute approximate surface area is 259 Å². The van der Waals surface area contributed by atoms with Crippen molar-refractivity contribution < 1.29 is 28.7 Å². The summed E-state index contributed by atoms with van der Waals surface area (Å²) in [5, 5.41) is 1.82. The third-order valence-electron chi connectivity index (χ3n) is 6.17. The van der Waals surface area contributed by atoms with Gasteiger partial charge in [-0.15, -0.1) is 0 Å². The molecule has 8 nitrogen and oxygen atoms in total. The Kier molecular flexibility index (Phi) is 9.31. The number of imide groups is 1. The molecule has 0 saturated carbocycles. The van der Waals surface area contributed by atoms with Crippen molar-refractivity contribution in [3.05, 3.63) is 95.9 Å². The monoisotopic (exact) mass is 654 g/mol. The summed E-state index contributed by atoms with van der Waals surface area (Å²) in [6.07, 6.45) is 0. The van der Waals surface area contributed by atoms with Crippen LogP contribution in [0.4, 0.5) is 5.69 Å². The van der Waals surface area contributed by atoms with Gasteiger partial charge in [0.25, 0.3) is 17.7 Å². The number of ether oxygens (including phenoxy) is 1. The van der Waals surface area contributed by atoms with Crippen molar-refractivity contribution in [1.82, 2.24) is 4.90 Å². The van der Waals surface area contributed by atoms with Crippen LogP contribution in [0.25, 0.3) is 0 Å². The number of esters is 1. The van der Waals surface area contributed by atoms with E-state index in [0.717, 1.165) is 0 Å². The minimum Gasteiger partial charge on any atom is -0.454 e. The number of amides is 3. The number of halogens is 5. The van der Waals surface area contributed by atoms with Gasteiger partial charge in [-0.1, -0.05) is 102 Å². The van der Waals surface area contributed by atoms with E-state index in [0.29, 0.717) is 10.5 Å². The number of hydrogen-bond donors (Lipinski definition) is 1. The van der Waals surface area contributed by atoms with Crippen molar-refractivity contribution in [3.63, 3.8) is 0 Å². The first-order valence-electron chi connectivity index (χ1n) is 11.9. The zero-order valence-electron chi connectivity index (χ0n) is 21.3. The maximum absolute atomic E-state index is 13.2. The molecule has 0 aromatic heterocycles. The fourth-order valence-corrected chi connectivity index (χ4v) is 5.45. The lowest BCUT2D eigenvalue weighted by Gasteiger charge is -2.27. The molecule has 41 heavy (non-hydrogen) atoms. The summed E-state index contributed by atoms with van der Waals surface area (Å²) >= 11 is 30.6. The first-order valence-corrected chi connectivity index (χ1v) is 13.8. The molecule has 1 aliphatic rings. The molecule has 0 radical (unpaired) electrons. The second-order valence-electron chi connectivity index (χ2n) is 9.22. The number of fused-ring (bicyclic) bond motifs is 1. The maximum Gasteiger partial charge on any atom is 0.330 e. The van der Waals surface area contributed by atoms with Gasteiger partial charge in [-0.2, -0.15) is 0 Å². The van der Waals surface area contributed by atoms with Crippen LogP contribution in [0.1, 0.15) is 50.5 Å². The van der Waals surface area contributed by atoms with Crippen LogP contribution >= 0.6 is 58.0 Å². The van der Waals surface area contributed by atoms with Crippen LogP contribution < -0.4 is 5.32 Å². The Balaban J connectivity index is 1.52. The molecule has 1 aliphatic heterocycles. The van der Waals surface area contributed by atoms with Gasteiger partial charge < -0.3 is 10.1 Å². The molecule has 0 bridgehead atoms. The van der Waals surface area contributed by atoms with Gasteiger partial charge in [0.1, 0.15) is 6.04 Å². The highest BCUT2D eigenvalue weighted by Gasteiger charge is 2.48. The van der Waals surface area contributed by atoms with Crippen molar-refractivity contribution in [1.29, 1.82) is 0 Å². The largest absolute Gasteiger partial charge is 0.454 e. The van der Waals surface area contributed by atoms with Crippen LogP contribution in [0.15, 0.2) is 48.5 Å². The third-order valence-corrected chi connectivity index (χ3v) is 8.20. The van der Waals surface area contributed by atoms with Crippen LogP contribution in [0.2, 0.25) is 25.1 Å². The van der Waals surface area contributed by atoms with Crippen LogP contribution in [0.3, 0.4) is 0 Å². The molecule has 3 aromatic rings. The highest BCUT2D eigenvalue weighted by atomic mass is 35.5. The Morgan fingerprint density at radius 3 is 1.93 bits per heavy atom. The molecule has 3 aromatic carbocycles. The number of nitrogens with one attached hydrogen (secondary N) is 1. The van der Waals surface area contributed by atoms with Crippen molar-refractivity contribution in [2.24, 2.45) is 5.92 Å². The van der Waals surface area contributed by atoms with E-state index in [4.69, 9.17) is 62.7 Å². The first-order chi connectivity index (χ1) is 19.3. The number of carbonyl (C=O) groups is 5. The molecule has 0 unspecified atom stereocenters. The van der Waals surface area contributed by atoms with Crippen LogP contribution in [0, 0.1) is 5.92 Å². The number of hydrogen-bond acceptors (Lipinski definition) is 6. The van der Waals surface area contributed by atoms with Gasteiger partial charge in [0.2, 0.25) is 0 Å². The minimum absolute atomic E-state index is 0.125. The summed E-state index contributed by atoms with van der Waals surface area (Å²) in [6.45, 7) is 2.37. The number of carbonyl (C=O) groups excluding carboxylic acids is 5. The Morgan fingerprint density at radius 1 is 0.829 bits per heavy atom. The molecule has 0 fully saturated rings. The number of rotatable bonds is 8. The molecule has 1 N–H and O–H groups in total. The van der Waals surface area contributed by atoms with Crippen LogP contribution in [0.5, 0.6) is 0 Å². The Morgan fingerprint density at radius 2 is 1.39 bits per heavy atom. The van der Waals surface area contributed by atoms with E-state index in [1.54, 1.807) is 44.2 Å². The summed E-state index contributed by atoms with van der Waals surface area (Å²) in [5.41, 5.74) is 0.0695. The van der Waals surface area contributed by atoms with E-state index < -0.39 is 42.3 Å². The van der Waals surface area contributed by atoms with E-state index in [1.807, 2.05) is 0 Å². The van der Waals surface area contributed by atoms with Gasteiger partial charge in [0.15, 0.2) is 12.4 Å². The molecule has 3 amide bonds. The standard InChI is InChI=1S/C28H19Cl5N2O6/c1-12(2)24(35-26(38)18-19(27(35)39)21(31)23(33)22(32)20(18)30)28(40)41-11-17(36)34-16-9-8-14(29)10-15(16)25(37)13-6-4-3-5-7-13/h3-10,12,24H,11H2,1-2H3,(H,34,36)/t24-/m0/s1. The average molecular weight is 657 g/mol. The van der Waals surface area contributed by atoms with E-state index in [9.17, 15) is 24.0 Å². The maximum atomic E-state index is 13.2. The van der Waals surface area contributed by atoms with Crippen LogP contribution in [-0.4, -0.2) is 47.0 Å². The van der Waals surface area contributed by atoms with Crippen molar-refractivity contribution >= 4 is 93.2 Å². The molecular weight excluding hydrogens is 638 g/mol. The van der Waals surface area contributed by atoms with Gasteiger partial charge in [-0.3, -0.25) is 24.1 Å². The van der Waals surface area contributed by atoms with Gasteiger partial charge in [-0.25, -0.2) is 4.79 Å². The normalized spacial score (nSPS) is 13.3. The number of anilines is 1. The average Bonchev–Trinajstić information content (AvgIpc) is 3.20. The number of ketones is 1. The predicted octanol–water partition coefficient (Wildman–Crippen LogP) is 6.99. The Bertz CT molecular complexity index is 1560. The molecule has 212 valence electrons. The van der Waals surface area contributed by atoms with E-state index in [1.165, 1.54) is 18.2 Å². The summed E-state index contributed by atoms with van der Waals surface area (Å²) in [5.74, 6) is -4.67. The minimum atomic E-state index is -1.44. The van der Waals surface area contributed by atoms with Crippen molar-refractivity contribution in [2.75, 3.05) is 11.9 Å². The zero-order chi connectivity index (χ0) is 30.2. The quantitative estimate of drug-likeness (QED) is 0.0921. The van der Waals surface area contributed by atoms with E-state index >= 15 is 0 Å². The molecule has 0 spiro atoms. The molecule has 4 rings (SSSR count). The van der Waals surface area contributed by atoms with Gasteiger partial charge >= 0.3 is 5.97 Å². The summed E-state index contributed by atoms with van der Waals surface area (Å²) in [6, 6.07) is 11.3. The van der Waals surface area contributed by atoms with Gasteiger partial charge in [-0.05, 0) is 24.1 Å². The lowest BCUT2D eigenvalue weighted by atomic mass is 10.0. The summed E-state index contributed by atoms with van der Waals surface area (Å²) in [7, 11) is 0. The molecule has 1 heterocycles. The first kappa shape index (κ1) is 30.8. The number of benzene rings is 3. The zero-order valence-corrected chi connectivity index (χ0v) is 25.0. The molecular formula is C28H19Cl5N2O6. The van der Waals surface area contributed by atoms with Crippen molar-refractivity contribution in [2.45, 2.75) is 19.9 Å². The smallest absolute Gasteiger partial charge is 0.330 e. The SMILES string of the molecule is CC(C)[C@@H](C(=O)OCC(=O)Nc1ccc(Cl)cc1C(=O)c1ccccc1)N1C(=O)c2c(Cl)c(Cl)c(Cl)c(Cl)c2C1=O. The molecule has 13 heteroatoms. The van der Waals surface area contributed by atoms with E-state index in [2.05, 4.69) is 5.32 Å². The fraction of sp³-hybridized carbons (Fsp3) is 0.179. The highest BCUT2D eigenvalue weighted by Crippen LogP contribution is 2.45. The summed E-state index contributed by atoms with van der Waals surface area (Å²) in [4.78, 5) is 66.1. The number of nitrogens with zero attached hydrogens (tertiary/aromatic N) is 1. The Hall–Kier alpha value is -3.14. The molecule has 1 atom stereocenters. The van der Waals surface area contributed by atoms with Gasteiger partial charge in [0.05, 0.1) is 36.9 Å².